The molecule has 0 radical (unpaired) electrons. The van der Waals surface area contributed by atoms with Crippen LogP contribution in [0, 0.1) is 3.57 Å². The molecule has 18 heavy (non-hydrogen) atoms. The van der Waals surface area contributed by atoms with E-state index in [1.54, 1.807) is 6.92 Å². The Morgan fingerprint density at radius 1 is 1.44 bits per heavy atom. The molecule has 0 spiro atoms. The summed E-state index contributed by atoms with van der Waals surface area (Å²) >= 11 is 5.67. The molecule has 0 saturated carbocycles. The summed E-state index contributed by atoms with van der Waals surface area (Å²) in [5, 5.41) is 0. The van der Waals surface area contributed by atoms with Gasteiger partial charge in [0.25, 0.3) is 0 Å². The molecule has 0 saturated heterocycles. The summed E-state index contributed by atoms with van der Waals surface area (Å²) in [4.78, 5) is 0. The lowest BCUT2D eigenvalue weighted by Gasteiger charge is -2.14. The Morgan fingerprint density at radius 3 is 2.72 bits per heavy atom. The monoisotopic (exact) mass is 445 g/mol. The summed E-state index contributed by atoms with van der Waals surface area (Å²) in [5.41, 5.74) is 7.18. The number of halogens is 2. The minimum atomic E-state index is -2.88. The molecule has 0 amide bonds. The predicted molar refractivity (Wildman–Crippen MR) is 87.3 cm³/mol. The minimum absolute atomic E-state index is 0.110. The van der Waals surface area contributed by atoms with Gasteiger partial charge < -0.3 is 5.73 Å². The Hall–Kier alpha value is 0.340. The van der Waals surface area contributed by atoms with Gasteiger partial charge >= 0.3 is 0 Å². The van der Waals surface area contributed by atoms with Gasteiger partial charge in [-0.15, -0.1) is 0 Å². The summed E-state index contributed by atoms with van der Waals surface area (Å²) in [6.07, 6.45) is 1.30. The van der Waals surface area contributed by atoms with Gasteiger partial charge in [0.1, 0.15) is 9.84 Å². The van der Waals surface area contributed by atoms with Crippen molar-refractivity contribution in [3.05, 3.63) is 31.8 Å². The van der Waals surface area contributed by atoms with Gasteiger partial charge in [0.2, 0.25) is 0 Å². The van der Waals surface area contributed by atoms with E-state index < -0.39 is 9.84 Å². The highest BCUT2D eigenvalue weighted by Gasteiger charge is 2.13. The number of benzene rings is 1. The molecule has 102 valence electrons. The lowest BCUT2D eigenvalue weighted by Crippen LogP contribution is -2.15. The van der Waals surface area contributed by atoms with Crippen LogP contribution in [0.4, 0.5) is 0 Å². The van der Waals surface area contributed by atoms with Crippen LogP contribution in [0.5, 0.6) is 0 Å². The highest BCUT2D eigenvalue weighted by Crippen LogP contribution is 2.25. The average molecular weight is 446 g/mol. The summed E-state index contributed by atoms with van der Waals surface area (Å²) in [7, 11) is -2.88. The van der Waals surface area contributed by atoms with Crippen molar-refractivity contribution in [2.24, 2.45) is 5.73 Å². The van der Waals surface area contributed by atoms with Crippen molar-refractivity contribution in [3.8, 4) is 0 Å². The third kappa shape index (κ3) is 5.14. The second-order valence-corrected chi connectivity index (χ2v) is 8.70. The molecule has 1 rings (SSSR count). The van der Waals surface area contributed by atoms with Crippen molar-refractivity contribution in [2.75, 3.05) is 11.5 Å². The van der Waals surface area contributed by atoms with Crippen molar-refractivity contribution in [1.82, 2.24) is 0 Å². The molecule has 0 aliphatic rings. The fraction of sp³-hybridized carbons (Fsp3) is 0.500. The molecule has 0 heterocycles. The van der Waals surface area contributed by atoms with Crippen LogP contribution in [0.3, 0.4) is 0 Å². The molecule has 0 aromatic heterocycles. The fourth-order valence-corrected chi connectivity index (χ4v) is 3.63. The summed E-state index contributed by atoms with van der Waals surface area (Å²) in [6, 6.07) is 5.87. The first kappa shape index (κ1) is 16.4. The van der Waals surface area contributed by atoms with E-state index in [1.807, 2.05) is 18.2 Å². The number of hydrogen-bond donors (Lipinski definition) is 1. The van der Waals surface area contributed by atoms with Crippen molar-refractivity contribution in [2.45, 2.75) is 25.8 Å². The van der Waals surface area contributed by atoms with Crippen LogP contribution >= 0.6 is 38.5 Å². The number of rotatable bonds is 6. The van der Waals surface area contributed by atoms with Crippen LogP contribution in [-0.4, -0.2) is 19.9 Å². The highest BCUT2D eigenvalue weighted by molar-refractivity contribution is 14.1. The third-order valence-corrected chi connectivity index (χ3v) is 6.03. The van der Waals surface area contributed by atoms with Gasteiger partial charge in [0, 0.05) is 19.8 Å². The summed E-state index contributed by atoms with van der Waals surface area (Å²) in [5.74, 6) is 0.429. The topological polar surface area (TPSA) is 60.2 Å². The molecule has 0 aliphatic heterocycles. The average Bonchev–Trinajstić information content (AvgIpc) is 2.32. The summed E-state index contributed by atoms with van der Waals surface area (Å²) in [6.45, 7) is 1.67. The van der Waals surface area contributed by atoms with Gasteiger partial charge in [0.05, 0.1) is 5.75 Å². The Labute approximate surface area is 131 Å². The van der Waals surface area contributed by atoms with E-state index in [0.717, 1.165) is 13.6 Å². The van der Waals surface area contributed by atoms with Gasteiger partial charge in [0.15, 0.2) is 0 Å². The van der Waals surface area contributed by atoms with Crippen LogP contribution in [-0.2, 0) is 9.84 Å². The minimum Gasteiger partial charge on any atom is -0.324 e. The lowest BCUT2D eigenvalue weighted by molar-refractivity contribution is 0.583. The van der Waals surface area contributed by atoms with E-state index in [1.165, 1.54) is 0 Å². The van der Waals surface area contributed by atoms with Crippen LogP contribution in [0.15, 0.2) is 22.7 Å². The molecule has 1 aromatic rings. The van der Waals surface area contributed by atoms with E-state index in [0.29, 0.717) is 12.8 Å². The molecule has 0 aliphatic carbocycles. The first-order valence-corrected chi connectivity index (χ1v) is 9.46. The van der Waals surface area contributed by atoms with Gasteiger partial charge in [-0.05, 0) is 59.2 Å². The van der Waals surface area contributed by atoms with Gasteiger partial charge in [-0.2, -0.15) is 0 Å². The highest BCUT2D eigenvalue weighted by atomic mass is 127. The lowest BCUT2D eigenvalue weighted by atomic mass is 10.0. The predicted octanol–water partition coefficient (Wildman–Crippen LogP) is 3.27. The number of hydrogen-bond acceptors (Lipinski definition) is 3. The normalized spacial score (nSPS) is 13.6. The van der Waals surface area contributed by atoms with Crippen LogP contribution in [0.1, 0.15) is 31.4 Å². The molecular formula is C12H17BrINO2S. The van der Waals surface area contributed by atoms with Gasteiger partial charge in [-0.3, -0.25) is 0 Å². The van der Waals surface area contributed by atoms with E-state index in [4.69, 9.17) is 5.73 Å². The van der Waals surface area contributed by atoms with E-state index in [9.17, 15) is 8.42 Å². The van der Waals surface area contributed by atoms with Crippen molar-refractivity contribution < 1.29 is 8.42 Å². The molecule has 0 fully saturated rings. The Morgan fingerprint density at radius 2 is 2.11 bits per heavy atom. The Bertz CT molecular complexity index is 505. The van der Waals surface area contributed by atoms with Crippen molar-refractivity contribution in [3.63, 3.8) is 0 Å². The van der Waals surface area contributed by atoms with Gasteiger partial charge in [-0.25, -0.2) is 8.42 Å². The van der Waals surface area contributed by atoms with E-state index >= 15 is 0 Å². The van der Waals surface area contributed by atoms with E-state index in [2.05, 4.69) is 38.5 Å². The Balaban J connectivity index is 2.61. The molecule has 3 nitrogen and oxygen atoms in total. The first-order valence-electron chi connectivity index (χ1n) is 5.76. The summed E-state index contributed by atoms with van der Waals surface area (Å²) < 4.78 is 24.9. The smallest absolute Gasteiger partial charge is 0.150 e. The molecule has 2 N–H and O–H groups in total. The SMILES string of the molecule is CCS(=O)(=O)CCCC(N)c1cc(Br)ccc1I. The number of nitrogens with two attached hydrogens (primary N) is 1. The zero-order valence-corrected chi connectivity index (χ0v) is 14.8. The van der Waals surface area contributed by atoms with Crippen LogP contribution in [0.25, 0.3) is 0 Å². The largest absolute Gasteiger partial charge is 0.324 e. The zero-order valence-electron chi connectivity index (χ0n) is 10.2. The number of sulfone groups is 1. The maximum Gasteiger partial charge on any atom is 0.150 e. The van der Waals surface area contributed by atoms with Crippen LogP contribution < -0.4 is 5.73 Å². The zero-order chi connectivity index (χ0) is 13.8. The maximum absolute atomic E-state index is 11.4. The molecule has 1 unspecified atom stereocenters. The Kier molecular flexibility index (Phi) is 6.57. The maximum atomic E-state index is 11.4. The molecular weight excluding hydrogens is 429 g/mol. The molecule has 1 aromatic carbocycles. The quantitative estimate of drug-likeness (QED) is 0.683. The fourth-order valence-electron chi connectivity index (χ4n) is 1.62. The van der Waals surface area contributed by atoms with Crippen molar-refractivity contribution >= 4 is 48.4 Å². The molecule has 1 atom stereocenters. The van der Waals surface area contributed by atoms with Crippen LogP contribution in [0.2, 0.25) is 0 Å². The standard InChI is InChI=1S/C12H17BrINO2S/c1-2-18(16,17)7-3-4-12(15)10-8-9(13)5-6-11(10)14/h5-6,8,12H,2-4,7,15H2,1H3. The molecule has 0 bridgehead atoms. The van der Waals surface area contributed by atoms with Crippen molar-refractivity contribution in [1.29, 1.82) is 0 Å². The molecule has 6 heteroatoms. The second-order valence-electron chi connectivity index (χ2n) is 4.15. The first-order chi connectivity index (χ1) is 8.35. The second kappa shape index (κ2) is 7.21. The van der Waals surface area contributed by atoms with Gasteiger partial charge in [-0.1, -0.05) is 22.9 Å². The van der Waals surface area contributed by atoms with E-state index in [-0.39, 0.29) is 17.5 Å². The third-order valence-electron chi connectivity index (χ3n) is 2.77.